The van der Waals surface area contributed by atoms with Gasteiger partial charge in [-0.1, -0.05) is 20.8 Å². The van der Waals surface area contributed by atoms with Gasteiger partial charge in [0, 0.05) is 5.69 Å². The largest absolute Gasteiger partial charge is 0.480 e. The van der Waals surface area contributed by atoms with E-state index in [1.165, 1.54) is 0 Å². The number of nitrogens with one attached hydrogen (secondary N) is 2. The molecule has 6 heteroatoms. The lowest BCUT2D eigenvalue weighted by molar-refractivity contribution is -0.141. The molecule has 1 unspecified atom stereocenters. The number of carbonyl (C=O) groups is 2. The number of nitrogens with zero attached hydrogens (tertiary/aromatic N) is 1. The first-order valence-electron chi connectivity index (χ1n) is 6.36. The van der Waals surface area contributed by atoms with Crippen LogP contribution in [-0.4, -0.2) is 28.1 Å². The highest BCUT2D eigenvalue weighted by Crippen LogP contribution is 2.20. The Balaban J connectivity index is 2.79. The van der Waals surface area contributed by atoms with Crippen LogP contribution in [-0.2, 0) is 4.79 Å². The van der Waals surface area contributed by atoms with Crippen LogP contribution in [0.2, 0.25) is 0 Å². The maximum Gasteiger partial charge on any atom is 0.326 e. The second kappa shape index (κ2) is 5.90. The van der Waals surface area contributed by atoms with Crippen LogP contribution in [0.5, 0.6) is 0 Å². The van der Waals surface area contributed by atoms with E-state index in [4.69, 9.17) is 5.11 Å². The standard InChI is InChI=1S/C14H21N3O3/c1-8-6-7-10(9(2)15-8)16-13(20)17-11(12(18)19)14(3,4)5/h6-7,11H,1-5H3,(H,18,19)(H2,16,17,20). The summed E-state index contributed by atoms with van der Waals surface area (Å²) in [5.74, 6) is -1.06. The van der Waals surface area contributed by atoms with Gasteiger partial charge in [0.1, 0.15) is 6.04 Å². The molecule has 0 fully saturated rings. The molecule has 0 aliphatic heterocycles. The summed E-state index contributed by atoms with van der Waals surface area (Å²) in [6, 6.07) is 1.99. The molecule has 6 nitrogen and oxygen atoms in total. The highest BCUT2D eigenvalue weighted by atomic mass is 16.4. The first-order valence-corrected chi connectivity index (χ1v) is 6.36. The lowest BCUT2D eigenvalue weighted by Crippen LogP contribution is -2.50. The van der Waals surface area contributed by atoms with Crippen LogP contribution in [0.3, 0.4) is 0 Å². The van der Waals surface area contributed by atoms with E-state index in [1.54, 1.807) is 39.8 Å². The van der Waals surface area contributed by atoms with E-state index in [1.807, 2.05) is 6.92 Å². The molecule has 1 rings (SSSR count). The number of aryl methyl sites for hydroxylation is 2. The van der Waals surface area contributed by atoms with Gasteiger partial charge < -0.3 is 15.7 Å². The second-order valence-electron chi connectivity index (χ2n) is 5.82. The zero-order chi connectivity index (χ0) is 15.5. The number of carboxylic acid groups (broad SMARTS) is 1. The van der Waals surface area contributed by atoms with Gasteiger partial charge in [-0.3, -0.25) is 4.98 Å². The van der Waals surface area contributed by atoms with Crippen LogP contribution in [0.15, 0.2) is 12.1 Å². The third-order valence-corrected chi connectivity index (χ3v) is 2.86. The fourth-order valence-electron chi connectivity index (χ4n) is 1.76. The summed E-state index contributed by atoms with van der Waals surface area (Å²) in [6.07, 6.45) is 0. The van der Waals surface area contributed by atoms with Gasteiger partial charge >= 0.3 is 12.0 Å². The molecular formula is C14H21N3O3. The lowest BCUT2D eigenvalue weighted by atomic mass is 9.87. The third kappa shape index (κ3) is 4.22. The SMILES string of the molecule is Cc1ccc(NC(=O)NC(C(=O)O)C(C)(C)C)c(C)n1. The molecule has 1 heterocycles. The summed E-state index contributed by atoms with van der Waals surface area (Å²) in [4.78, 5) is 27.3. The van der Waals surface area contributed by atoms with Crippen LogP contribution in [0.25, 0.3) is 0 Å². The minimum absolute atomic E-state index is 0.555. The highest BCUT2D eigenvalue weighted by Gasteiger charge is 2.32. The molecule has 0 radical (unpaired) electrons. The number of aliphatic carboxylic acids is 1. The van der Waals surface area contributed by atoms with E-state index < -0.39 is 23.5 Å². The van der Waals surface area contributed by atoms with E-state index in [0.29, 0.717) is 11.4 Å². The number of hydrogen-bond acceptors (Lipinski definition) is 3. The van der Waals surface area contributed by atoms with Gasteiger partial charge in [-0.25, -0.2) is 9.59 Å². The number of amides is 2. The van der Waals surface area contributed by atoms with Crippen LogP contribution in [0.4, 0.5) is 10.5 Å². The van der Waals surface area contributed by atoms with Gasteiger partial charge in [-0.05, 0) is 31.4 Å². The highest BCUT2D eigenvalue weighted by molar-refractivity contribution is 5.92. The maximum absolute atomic E-state index is 11.9. The molecule has 1 atom stereocenters. The van der Waals surface area contributed by atoms with Crippen LogP contribution in [0.1, 0.15) is 32.2 Å². The molecule has 2 amide bonds. The Labute approximate surface area is 118 Å². The molecular weight excluding hydrogens is 258 g/mol. The van der Waals surface area contributed by atoms with Crippen LogP contribution >= 0.6 is 0 Å². The summed E-state index contributed by atoms with van der Waals surface area (Å²) in [6.45, 7) is 8.90. The summed E-state index contributed by atoms with van der Waals surface area (Å²) in [7, 11) is 0. The van der Waals surface area contributed by atoms with Crippen molar-refractivity contribution >= 4 is 17.7 Å². The normalized spacial score (nSPS) is 12.7. The predicted octanol–water partition coefficient (Wildman–Crippen LogP) is 2.32. The number of carboxylic acids is 1. The summed E-state index contributed by atoms with van der Waals surface area (Å²) < 4.78 is 0. The van der Waals surface area contributed by atoms with Crippen LogP contribution < -0.4 is 10.6 Å². The van der Waals surface area contributed by atoms with E-state index in [2.05, 4.69) is 15.6 Å². The van der Waals surface area contributed by atoms with Crippen molar-refractivity contribution in [3.8, 4) is 0 Å². The van der Waals surface area contributed by atoms with Crippen molar-refractivity contribution in [1.82, 2.24) is 10.3 Å². The van der Waals surface area contributed by atoms with Gasteiger partial charge in [-0.15, -0.1) is 0 Å². The molecule has 0 spiro atoms. The summed E-state index contributed by atoms with van der Waals surface area (Å²) in [5, 5.41) is 14.2. The minimum atomic E-state index is -1.06. The zero-order valence-corrected chi connectivity index (χ0v) is 12.4. The van der Waals surface area contributed by atoms with Crippen molar-refractivity contribution in [2.45, 2.75) is 40.7 Å². The number of pyridine rings is 1. The Morgan fingerprint density at radius 2 is 1.85 bits per heavy atom. The van der Waals surface area contributed by atoms with Gasteiger partial charge in [-0.2, -0.15) is 0 Å². The maximum atomic E-state index is 11.9. The Hall–Kier alpha value is -2.11. The van der Waals surface area contributed by atoms with Gasteiger partial charge in [0.15, 0.2) is 0 Å². The molecule has 110 valence electrons. The Morgan fingerprint density at radius 3 is 2.30 bits per heavy atom. The molecule has 0 saturated heterocycles. The van der Waals surface area contributed by atoms with Crippen molar-refractivity contribution in [2.24, 2.45) is 5.41 Å². The summed E-state index contributed by atoms with van der Waals surface area (Å²) in [5.41, 5.74) is 1.52. The molecule has 0 aromatic carbocycles. The van der Waals surface area contributed by atoms with E-state index in [-0.39, 0.29) is 0 Å². The predicted molar refractivity (Wildman–Crippen MR) is 76.7 cm³/mol. The average Bonchev–Trinajstić information content (AvgIpc) is 2.28. The fourth-order valence-corrected chi connectivity index (χ4v) is 1.76. The van der Waals surface area contributed by atoms with E-state index in [0.717, 1.165) is 5.69 Å². The van der Waals surface area contributed by atoms with Crippen molar-refractivity contribution in [2.75, 3.05) is 5.32 Å². The number of rotatable bonds is 3. The fraction of sp³-hybridized carbons (Fsp3) is 0.500. The Kier molecular flexibility index (Phi) is 4.70. The van der Waals surface area contributed by atoms with Crippen molar-refractivity contribution in [1.29, 1.82) is 0 Å². The number of anilines is 1. The average molecular weight is 279 g/mol. The number of carbonyl (C=O) groups excluding carboxylic acids is 1. The van der Waals surface area contributed by atoms with E-state index in [9.17, 15) is 9.59 Å². The zero-order valence-electron chi connectivity index (χ0n) is 12.4. The second-order valence-corrected chi connectivity index (χ2v) is 5.82. The smallest absolute Gasteiger partial charge is 0.326 e. The van der Waals surface area contributed by atoms with Crippen molar-refractivity contribution < 1.29 is 14.7 Å². The van der Waals surface area contributed by atoms with Crippen LogP contribution in [0, 0.1) is 19.3 Å². The Morgan fingerprint density at radius 1 is 1.25 bits per heavy atom. The molecule has 3 N–H and O–H groups in total. The Bertz CT molecular complexity index is 521. The lowest BCUT2D eigenvalue weighted by Gasteiger charge is -2.27. The monoisotopic (exact) mass is 279 g/mol. The van der Waals surface area contributed by atoms with Gasteiger partial charge in [0.2, 0.25) is 0 Å². The molecule has 20 heavy (non-hydrogen) atoms. The molecule has 0 aliphatic rings. The van der Waals surface area contributed by atoms with E-state index >= 15 is 0 Å². The number of urea groups is 1. The molecule has 1 aromatic rings. The minimum Gasteiger partial charge on any atom is -0.480 e. The third-order valence-electron chi connectivity index (χ3n) is 2.86. The first-order chi connectivity index (χ1) is 9.11. The first kappa shape index (κ1) is 15.9. The molecule has 0 saturated carbocycles. The van der Waals surface area contributed by atoms with Crippen molar-refractivity contribution in [3.05, 3.63) is 23.5 Å². The topological polar surface area (TPSA) is 91.3 Å². The molecule has 1 aromatic heterocycles. The molecule has 0 bridgehead atoms. The van der Waals surface area contributed by atoms with Gasteiger partial charge in [0.05, 0.1) is 11.4 Å². The summed E-state index contributed by atoms with van der Waals surface area (Å²) >= 11 is 0. The number of aromatic nitrogens is 1. The molecule has 0 aliphatic carbocycles. The van der Waals surface area contributed by atoms with Crippen molar-refractivity contribution in [3.63, 3.8) is 0 Å². The number of hydrogen-bond donors (Lipinski definition) is 3. The quantitative estimate of drug-likeness (QED) is 0.791. The van der Waals surface area contributed by atoms with Gasteiger partial charge in [0.25, 0.3) is 0 Å².